The van der Waals surface area contributed by atoms with Crippen LogP contribution in [-0.4, -0.2) is 36.9 Å². The molecule has 1 aromatic carbocycles. The van der Waals surface area contributed by atoms with E-state index < -0.39 is 0 Å². The van der Waals surface area contributed by atoms with Crippen LogP contribution in [0.3, 0.4) is 0 Å². The standard InChI is InChI=1S/C22H21N3O3/c1-24-22(27)20-8-15(21(26)9-17-18-11-28-12-19(17)18)7-16(25-20)6-13-2-4-14(10-23)5-3-13/h2-5,7-8,17-19H,6,9,11-12H2,1H3,(H,24,27)/t17?,18-,19+. The van der Waals surface area contributed by atoms with Gasteiger partial charge in [-0.2, -0.15) is 5.26 Å². The summed E-state index contributed by atoms with van der Waals surface area (Å²) in [5.74, 6) is 1.17. The Morgan fingerprint density at radius 3 is 2.57 bits per heavy atom. The minimum absolute atomic E-state index is 0.0491. The number of aromatic nitrogens is 1. The van der Waals surface area contributed by atoms with Gasteiger partial charge in [0.2, 0.25) is 0 Å². The fourth-order valence-electron chi connectivity index (χ4n) is 3.98. The minimum atomic E-state index is -0.313. The zero-order chi connectivity index (χ0) is 19.7. The maximum atomic E-state index is 12.8. The topological polar surface area (TPSA) is 92.1 Å². The van der Waals surface area contributed by atoms with Crippen molar-refractivity contribution in [1.29, 1.82) is 5.26 Å². The van der Waals surface area contributed by atoms with E-state index in [2.05, 4.69) is 16.4 Å². The normalized spacial score (nSPS) is 22.2. The van der Waals surface area contributed by atoms with E-state index in [4.69, 9.17) is 10.00 Å². The predicted octanol–water partition coefficient (Wildman–Crippen LogP) is 2.37. The first-order valence-electron chi connectivity index (χ1n) is 9.42. The Labute approximate surface area is 163 Å². The zero-order valence-electron chi connectivity index (χ0n) is 15.6. The number of nitriles is 1. The number of hydrogen-bond donors (Lipinski definition) is 1. The molecule has 0 bridgehead atoms. The Morgan fingerprint density at radius 1 is 1.21 bits per heavy atom. The fourth-order valence-corrected chi connectivity index (χ4v) is 3.98. The van der Waals surface area contributed by atoms with E-state index in [1.165, 1.54) is 0 Å². The van der Waals surface area contributed by atoms with Gasteiger partial charge in [0.05, 0.1) is 24.8 Å². The van der Waals surface area contributed by atoms with Crippen LogP contribution in [0.4, 0.5) is 0 Å². The van der Waals surface area contributed by atoms with Crippen LogP contribution in [-0.2, 0) is 11.2 Å². The summed E-state index contributed by atoms with van der Waals surface area (Å²) in [5, 5.41) is 11.5. The van der Waals surface area contributed by atoms with Gasteiger partial charge in [-0.25, -0.2) is 4.98 Å². The number of pyridine rings is 1. The number of nitrogens with one attached hydrogen (secondary N) is 1. The summed E-state index contributed by atoms with van der Waals surface area (Å²) >= 11 is 0. The summed E-state index contributed by atoms with van der Waals surface area (Å²) in [6.07, 6.45) is 0.978. The lowest BCUT2D eigenvalue weighted by Crippen LogP contribution is -2.21. The summed E-state index contributed by atoms with van der Waals surface area (Å²) < 4.78 is 5.40. The predicted molar refractivity (Wildman–Crippen MR) is 102 cm³/mol. The molecule has 142 valence electrons. The molecule has 1 aliphatic heterocycles. The number of carbonyl (C=O) groups is 2. The fraction of sp³-hybridized carbons (Fsp3) is 0.364. The number of carbonyl (C=O) groups excluding carboxylic acids is 2. The van der Waals surface area contributed by atoms with E-state index in [0.29, 0.717) is 47.4 Å². The number of Topliss-reactive ketones (excluding diaryl/α,β-unsaturated/α-hetero) is 1. The molecule has 2 aromatic rings. The lowest BCUT2D eigenvalue weighted by Gasteiger charge is -2.09. The molecule has 0 spiro atoms. The molecule has 6 heteroatoms. The highest BCUT2D eigenvalue weighted by Gasteiger charge is 2.54. The molecule has 1 saturated heterocycles. The van der Waals surface area contributed by atoms with E-state index in [0.717, 1.165) is 18.8 Å². The lowest BCUT2D eigenvalue weighted by molar-refractivity contribution is 0.0950. The molecule has 1 aromatic heterocycles. The molecule has 3 atom stereocenters. The molecule has 2 fully saturated rings. The van der Waals surface area contributed by atoms with Crippen molar-refractivity contribution in [2.45, 2.75) is 12.8 Å². The highest BCUT2D eigenvalue weighted by molar-refractivity contribution is 6.00. The third kappa shape index (κ3) is 3.67. The van der Waals surface area contributed by atoms with Gasteiger partial charge in [-0.1, -0.05) is 12.1 Å². The summed E-state index contributed by atoms with van der Waals surface area (Å²) in [4.78, 5) is 29.4. The van der Waals surface area contributed by atoms with Gasteiger partial charge < -0.3 is 10.1 Å². The zero-order valence-corrected chi connectivity index (χ0v) is 15.6. The molecule has 0 radical (unpaired) electrons. The van der Waals surface area contributed by atoms with Crippen molar-refractivity contribution < 1.29 is 14.3 Å². The first kappa shape index (κ1) is 18.3. The van der Waals surface area contributed by atoms with Crippen molar-refractivity contribution in [2.24, 2.45) is 17.8 Å². The molecule has 1 saturated carbocycles. The first-order valence-corrected chi connectivity index (χ1v) is 9.42. The third-order valence-electron chi connectivity index (χ3n) is 5.68. The number of nitrogens with zero attached hydrogens (tertiary/aromatic N) is 2. The van der Waals surface area contributed by atoms with Crippen LogP contribution < -0.4 is 5.32 Å². The number of hydrogen-bond acceptors (Lipinski definition) is 5. The average molecular weight is 375 g/mol. The molecule has 2 aliphatic rings. The Kier molecular flexibility index (Phi) is 4.93. The van der Waals surface area contributed by atoms with Crippen molar-refractivity contribution in [1.82, 2.24) is 10.3 Å². The molecule has 1 N–H and O–H groups in total. The second-order valence-electron chi connectivity index (χ2n) is 7.45. The molecule has 1 aliphatic carbocycles. The largest absolute Gasteiger partial charge is 0.381 e. The van der Waals surface area contributed by atoms with Gasteiger partial charge in [-0.15, -0.1) is 0 Å². The van der Waals surface area contributed by atoms with E-state index >= 15 is 0 Å². The second kappa shape index (κ2) is 7.53. The Morgan fingerprint density at radius 2 is 1.93 bits per heavy atom. The molecular weight excluding hydrogens is 354 g/mol. The van der Waals surface area contributed by atoms with Gasteiger partial charge in [-0.05, 0) is 47.6 Å². The van der Waals surface area contributed by atoms with Gasteiger partial charge in [0.15, 0.2) is 5.78 Å². The van der Waals surface area contributed by atoms with Crippen LogP contribution >= 0.6 is 0 Å². The minimum Gasteiger partial charge on any atom is -0.381 e. The van der Waals surface area contributed by atoms with Crippen LogP contribution in [0, 0.1) is 29.1 Å². The van der Waals surface area contributed by atoms with Crippen molar-refractivity contribution in [3.8, 4) is 6.07 Å². The second-order valence-corrected chi connectivity index (χ2v) is 7.45. The quantitative estimate of drug-likeness (QED) is 0.783. The van der Waals surface area contributed by atoms with Crippen LogP contribution in [0.2, 0.25) is 0 Å². The maximum absolute atomic E-state index is 12.8. The Bertz CT molecular complexity index is 952. The molecule has 2 heterocycles. The van der Waals surface area contributed by atoms with E-state index in [9.17, 15) is 9.59 Å². The summed E-state index contributed by atoms with van der Waals surface area (Å²) in [5.41, 5.74) is 2.99. The average Bonchev–Trinajstić information content (AvgIpc) is 3.13. The van der Waals surface area contributed by atoms with Gasteiger partial charge in [-0.3, -0.25) is 9.59 Å². The molecule has 4 rings (SSSR count). The van der Waals surface area contributed by atoms with Crippen molar-refractivity contribution in [2.75, 3.05) is 20.3 Å². The Hall–Kier alpha value is -3.04. The van der Waals surface area contributed by atoms with E-state index in [-0.39, 0.29) is 17.4 Å². The number of rotatable bonds is 6. The maximum Gasteiger partial charge on any atom is 0.269 e. The first-order chi connectivity index (χ1) is 13.6. The molecule has 28 heavy (non-hydrogen) atoms. The van der Waals surface area contributed by atoms with Crippen LogP contribution in [0.5, 0.6) is 0 Å². The van der Waals surface area contributed by atoms with Gasteiger partial charge in [0.25, 0.3) is 5.91 Å². The van der Waals surface area contributed by atoms with Gasteiger partial charge in [0, 0.05) is 31.1 Å². The SMILES string of the molecule is CNC(=O)c1cc(C(=O)CC2[C@H]3COC[C@@H]23)cc(Cc2ccc(C#N)cc2)n1. The highest BCUT2D eigenvalue weighted by Crippen LogP contribution is 2.52. The number of amides is 1. The number of ketones is 1. The number of fused-ring (bicyclic) bond motifs is 1. The molecule has 1 unspecified atom stereocenters. The number of ether oxygens (including phenoxy) is 1. The van der Waals surface area contributed by atoms with E-state index in [1.807, 2.05) is 12.1 Å². The van der Waals surface area contributed by atoms with Crippen LogP contribution in [0.25, 0.3) is 0 Å². The van der Waals surface area contributed by atoms with Gasteiger partial charge >= 0.3 is 0 Å². The molecule has 6 nitrogen and oxygen atoms in total. The smallest absolute Gasteiger partial charge is 0.269 e. The number of benzene rings is 1. The van der Waals surface area contributed by atoms with Crippen molar-refractivity contribution in [3.05, 3.63) is 64.5 Å². The van der Waals surface area contributed by atoms with E-state index in [1.54, 1.807) is 31.3 Å². The molecular formula is C22H21N3O3. The lowest BCUT2D eigenvalue weighted by atomic mass is 10.0. The summed E-state index contributed by atoms with van der Waals surface area (Å²) in [7, 11) is 1.55. The molecule has 1 amide bonds. The van der Waals surface area contributed by atoms with Crippen LogP contribution in [0.15, 0.2) is 36.4 Å². The highest BCUT2D eigenvalue weighted by atomic mass is 16.5. The third-order valence-corrected chi connectivity index (χ3v) is 5.68. The van der Waals surface area contributed by atoms with Crippen LogP contribution in [0.1, 0.15) is 44.1 Å². The van der Waals surface area contributed by atoms with Crippen molar-refractivity contribution in [3.63, 3.8) is 0 Å². The summed E-state index contributed by atoms with van der Waals surface area (Å²) in [6, 6.07) is 12.7. The van der Waals surface area contributed by atoms with Crippen molar-refractivity contribution >= 4 is 11.7 Å². The Balaban J connectivity index is 1.56. The summed E-state index contributed by atoms with van der Waals surface area (Å²) in [6.45, 7) is 1.51. The monoisotopic (exact) mass is 375 g/mol. The van der Waals surface area contributed by atoms with Gasteiger partial charge in [0.1, 0.15) is 5.69 Å².